The molecule has 0 aliphatic heterocycles. The van der Waals surface area contributed by atoms with Crippen LogP contribution in [0.4, 0.5) is 5.82 Å². The van der Waals surface area contributed by atoms with Crippen LogP contribution in [0.3, 0.4) is 0 Å². The van der Waals surface area contributed by atoms with E-state index in [2.05, 4.69) is 5.10 Å². The van der Waals surface area contributed by atoms with E-state index in [1.807, 2.05) is 13.8 Å². The number of hydrogen-bond acceptors (Lipinski definition) is 4. The van der Waals surface area contributed by atoms with E-state index in [0.717, 1.165) is 0 Å². The quantitative estimate of drug-likeness (QED) is 0.770. The van der Waals surface area contributed by atoms with Gasteiger partial charge in [-0.1, -0.05) is 0 Å². The Morgan fingerprint density at radius 3 is 2.60 bits per heavy atom. The minimum absolute atomic E-state index is 0.131. The molecule has 0 saturated carbocycles. The molecule has 5 nitrogen and oxygen atoms in total. The topological polar surface area (TPSA) is 70.1 Å². The van der Waals surface area contributed by atoms with Crippen molar-refractivity contribution in [3.63, 3.8) is 0 Å². The van der Waals surface area contributed by atoms with Crippen LogP contribution in [0.2, 0.25) is 0 Å². The lowest BCUT2D eigenvalue weighted by Crippen LogP contribution is -2.09. The van der Waals surface area contributed by atoms with Crippen molar-refractivity contribution < 1.29 is 9.53 Å². The van der Waals surface area contributed by atoms with Crippen LogP contribution in [0.25, 0.3) is 0 Å². The van der Waals surface area contributed by atoms with Crippen molar-refractivity contribution in [1.29, 1.82) is 0 Å². The van der Waals surface area contributed by atoms with Crippen LogP contribution in [-0.2, 0) is 4.74 Å². The number of hydrogen-bond donors (Lipinski definition) is 1. The van der Waals surface area contributed by atoms with Crippen LogP contribution < -0.4 is 5.73 Å². The number of nitrogens with zero attached hydrogens (tertiary/aromatic N) is 2. The van der Waals surface area contributed by atoms with Gasteiger partial charge in [-0.05, 0) is 27.7 Å². The molecular weight excluding hydrogens is 194 g/mol. The molecule has 0 fully saturated rings. The maximum Gasteiger partial charge on any atom is 0.359 e. The largest absolute Gasteiger partial charge is 0.461 e. The number of ether oxygens (including phenoxy) is 1. The first-order valence-electron chi connectivity index (χ1n) is 5.00. The second kappa shape index (κ2) is 4.33. The van der Waals surface area contributed by atoms with Gasteiger partial charge < -0.3 is 10.5 Å². The third kappa shape index (κ3) is 2.11. The molecule has 0 amide bonds. The van der Waals surface area contributed by atoms with Gasteiger partial charge in [0.05, 0.1) is 6.61 Å². The molecule has 1 rings (SSSR count). The molecule has 0 unspecified atom stereocenters. The number of rotatable bonds is 3. The first-order valence-corrected chi connectivity index (χ1v) is 5.00. The van der Waals surface area contributed by atoms with Crippen LogP contribution >= 0.6 is 0 Å². The normalized spacial score (nSPS) is 10.7. The summed E-state index contributed by atoms with van der Waals surface area (Å²) in [5.74, 6) is 0.106. The van der Waals surface area contributed by atoms with Crippen molar-refractivity contribution in [1.82, 2.24) is 9.78 Å². The lowest BCUT2D eigenvalue weighted by molar-refractivity contribution is 0.0517. The van der Waals surface area contributed by atoms with Gasteiger partial charge >= 0.3 is 5.97 Å². The van der Waals surface area contributed by atoms with Crippen molar-refractivity contribution in [3.05, 3.63) is 11.3 Å². The third-order valence-electron chi connectivity index (χ3n) is 2.15. The second-order valence-corrected chi connectivity index (χ2v) is 3.62. The van der Waals surface area contributed by atoms with Crippen molar-refractivity contribution >= 4 is 11.8 Å². The number of nitrogens with two attached hydrogens (primary N) is 1. The van der Waals surface area contributed by atoms with Gasteiger partial charge in [-0.2, -0.15) is 5.10 Å². The maximum absolute atomic E-state index is 11.5. The standard InChI is InChI=1S/C10H17N3O2/c1-5-15-10(14)8-7(4)9(11)13(12-8)6(2)3/h6H,5,11H2,1-4H3. The van der Waals surface area contributed by atoms with E-state index < -0.39 is 5.97 Å². The number of carbonyl (C=O) groups excluding carboxylic acids is 1. The lowest BCUT2D eigenvalue weighted by atomic mass is 10.2. The van der Waals surface area contributed by atoms with Gasteiger partial charge in [0.1, 0.15) is 5.82 Å². The molecule has 1 aromatic rings. The molecule has 0 atom stereocenters. The van der Waals surface area contributed by atoms with E-state index in [9.17, 15) is 4.79 Å². The fourth-order valence-corrected chi connectivity index (χ4v) is 1.32. The number of carbonyl (C=O) groups is 1. The molecule has 0 radical (unpaired) electrons. The molecule has 15 heavy (non-hydrogen) atoms. The summed E-state index contributed by atoms with van der Waals surface area (Å²) in [6, 6.07) is 0.131. The number of esters is 1. The molecule has 0 aromatic carbocycles. The average Bonchev–Trinajstić information content (AvgIpc) is 2.45. The number of nitrogen functional groups attached to an aromatic ring is 1. The molecule has 0 bridgehead atoms. The Bertz CT molecular complexity index is 369. The van der Waals surface area contributed by atoms with Crippen LogP contribution in [0.1, 0.15) is 42.9 Å². The Labute approximate surface area is 89.2 Å². The molecule has 84 valence electrons. The van der Waals surface area contributed by atoms with Gasteiger partial charge in [-0.3, -0.25) is 0 Å². The highest BCUT2D eigenvalue weighted by Gasteiger charge is 2.20. The summed E-state index contributed by atoms with van der Waals surface area (Å²) < 4.78 is 6.51. The van der Waals surface area contributed by atoms with Gasteiger partial charge in [0.25, 0.3) is 0 Å². The monoisotopic (exact) mass is 211 g/mol. The second-order valence-electron chi connectivity index (χ2n) is 3.62. The predicted molar refractivity (Wildman–Crippen MR) is 57.7 cm³/mol. The first-order chi connectivity index (χ1) is 6.99. The summed E-state index contributed by atoms with van der Waals surface area (Å²) in [6.45, 7) is 7.78. The zero-order valence-electron chi connectivity index (χ0n) is 9.57. The molecule has 1 aromatic heterocycles. The van der Waals surface area contributed by atoms with Crippen molar-refractivity contribution in [2.75, 3.05) is 12.3 Å². The van der Waals surface area contributed by atoms with E-state index in [4.69, 9.17) is 10.5 Å². The Morgan fingerprint density at radius 1 is 1.60 bits per heavy atom. The van der Waals surface area contributed by atoms with E-state index >= 15 is 0 Å². The molecule has 2 N–H and O–H groups in total. The van der Waals surface area contributed by atoms with E-state index in [1.54, 1.807) is 18.5 Å². The third-order valence-corrected chi connectivity index (χ3v) is 2.15. The Hall–Kier alpha value is -1.52. The molecule has 0 aliphatic rings. The zero-order valence-corrected chi connectivity index (χ0v) is 9.57. The lowest BCUT2D eigenvalue weighted by Gasteiger charge is -2.06. The minimum Gasteiger partial charge on any atom is -0.461 e. The average molecular weight is 211 g/mol. The molecule has 5 heteroatoms. The maximum atomic E-state index is 11.5. The highest BCUT2D eigenvalue weighted by Crippen LogP contribution is 2.20. The van der Waals surface area contributed by atoms with Gasteiger partial charge in [-0.15, -0.1) is 0 Å². The summed E-state index contributed by atoms with van der Waals surface area (Å²) in [7, 11) is 0. The first kappa shape index (κ1) is 11.6. The van der Waals surface area contributed by atoms with Crippen molar-refractivity contribution in [2.24, 2.45) is 0 Å². The molecule has 1 heterocycles. The summed E-state index contributed by atoms with van der Waals surface area (Å²) >= 11 is 0. The molecule has 0 aliphatic carbocycles. The van der Waals surface area contributed by atoms with Crippen LogP contribution in [0.15, 0.2) is 0 Å². The Balaban J connectivity index is 3.10. The highest BCUT2D eigenvalue weighted by atomic mass is 16.5. The number of aromatic nitrogens is 2. The summed E-state index contributed by atoms with van der Waals surface area (Å²) in [6.07, 6.45) is 0. The summed E-state index contributed by atoms with van der Waals surface area (Å²) in [4.78, 5) is 11.5. The predicted octanol–water partition coefficient (Wildman–Crippen LogP) is 1.53. The molecular formula is C10H17N3O2. The smallest absolute Gasteiger partial charge is 0.359 e. The van der Waals surface area contributed by atoms with Gasteiger partial charge in [0.15, 0.2) is 5.69 Å². The van der Waals surface area contributed by atoms with Crippen molar-refractivity contribution in [2.45, 2.75) is 33.7 Å². The van der Waals surface area contributed by atoms with Gasteiger partial charge in [0.2, 0.25) is 0 Å². The van der Waals surface area contributed by atoms with Crippen LogP contribution in [-0.4, -0.2) is 22.4 Å². The minimum atomic E-state index is -0.416. The summed E-state index contributed by atoms with van der Waals surface area (Å²) in [5, 5.41) is 4.14. The van der Waals surface area contributed by atoms with Crippen LogP contribution in [0.5, 0.6) is 0 Å². The summed E-state index contributed by atoms with van der Waals surface area (Å²) in [5.41, 5.74) is 6.82. The fraction of sp³-hybridized carbons (Fsp3) is 0.600. The zero-order chi connectivity index (χ0) is 11.6. The van der Waals surface area contributed by atoms with Crippen LogP contribution in [0, 0.1) is 6.92 Å². The number of anilines is 1. The fourth-order valence-electron chi connectivity index (χ4n) is 1.32. The van der Waals surface area contributed by atoms with Gasteiger partial charge in [0, 0.05) is 11.6 Å². The Kier molecular flexibility index (Phi) is 3.34. The SMILES string of the molecule is CCOC(=O)c1nn(C(C)C)c(N)c1C. The Morgan fingerprint density at radius 2 is 2.20 bits per heavy atom. The highest BCUT2D eigenvalue weighted by molar-refractivity contribution is 5.90. The van der Waals surface area contributed by atoms with E-state index in [1.165, 1.54) is 0 Å². The molecule has 0 spiro atoms. The van der Waals surface area contributed by atoms with E-state index in [-0.39, 0.29) is 6.04 Å². The van der Waals surface area contributed by atoms with Crippen molar-refractivity contribution in [3.8, 4) is 0 Å². The van der Waals surface area contributed by atoms with Gasteiger partial charge in [-0.25, -0.2) is 9.48 Å². The van der Waals surface area contributed by atoms with E-state index in [0.29, 0.717) is 23.7 Å². The molecule has 0 saturated heterocycles.